The third kappa shape index (κ3) is 3.22. The molecule has 0 fully saturated rings. The number of Topliss-reactive ketones (excluding diaryl/α,β-unsaturated/α-hetero) is 1. The van der Waals surface area contributed by atoms with E-state index < -0.39 is 0 Å². The van der Waals surface area contributed by atoms with E-state index in [1.807, 2.05) is 26.0 Å². The molecule has 152 valence electrons. The first kappa shape index (κ1) is 19.3. The van der Waals surface area contributed by atoms with Crippen LogP contribution >= 0.6 is 23.1 Å². The topological polar surface area (TPSA) is 67.8 Å². The zero-order valence-electron chi connectivity index (χ0n) is 16.8. The van der Waals surface area contributed by atoms with Crippen LogP contribution in [0.3, 0.4) is 0 Å². The molecule has 3 aromatic heterocycles. The second-order valence-electron chi connectivity index (χ2n) is 7.66. The lowest BCUT2D eigenvalue weighted by atomic mass is 10.1. The van der Waals surface area contributed by atoms with Gasteiger partial charge >= 0.3 is 0 Å². The van der Waals surface area contributed by atoms with Crippen molar-refractivity contribution in [1.82, 2.24) is 14.5 Å². The van der Waals surface area contributed by atoms with E-state index in [1.165, 1.54) is 22.2 Å². The van der Waals surface area contributed by atoms with E-state index in [-0.39, 0.29) is 17.1 Å². The van der Waals surface area contributed by atoms with Gasteiger partial charge in [0.2, 0.25) is 0 Å². The first-order valence-corrected chi connectivity index (χ1v) is 11.8. The monoisotopic (exact) mass is 435 g/mol. The van der Waals surface area contributed by atoms with Crippen LogP contribution in [0.15, 0.2) is 46.5 Å². The van der Waals surface area contributed by atoms with Crippen molar-refractivity contribution in [2.24, 2.45) is 0 Å². The lowest BCUT2D eigenvalue weighted by Gasteiger charge is -2.15. The molecule has 0 amide bonds. The quantitative estimate of drug-likeness (QED) is 0.276. The molecule has 0 radical (unpaired) electrons. The van der Waals surface area contributed by atoms with Gasteiger partial charge < -0.3 is 4.98 Å². The maximum Gasteiger partial charge on any atom is 0.267 e. The molecule has 1 aliphatic rings. The van der Waals surface area contributed by atoms with Crippen molar-refractivity contribution in [3.63, 3.8) is 0 Å². The van der Waals surface area contributed by atoms with Gasteiger partial charge in [0.25, 0.3) is 5.56 Å². The molecular formula is C23H21N3O2S2. The predicted molar refractivity (Wildman–Crippen MR) is 123 cm³/mol. The van der Waals surface area contributed by atoms with Gasteiger partial charge in [0.05, 0.1) is 22.5 Å². The van der Waals surface area contributed by atoms with Crippen LogP contribution in [0.25, 0.3) is 15.9 Å². The molecule has 1 aliphatic carbocycles. The van der Waals surface area contributed by atoms with E-state index in [0.717, 1.165) is 46.3 Å². The van der Waals surface area contributed by atoms with E-state index in [4.69, 9.17) is 4.98 Å². The summed E-state index contributed by atoms with van der Waals surface area (Å²) in [6.07, 6.45) is 4.80. The molecule has 5 nitrogen and oxygen atoms in total. The van der Waals surface area contributed by atoms with E-state index in [1.54, 1.807) is 34.2 Å². The van der Waals surface area contributed by atoms with Crippen molar-refractivity contribution < 1.29 is 4.79 Å². The molecular weight excluding hydrogens is 414 g/mol. The molecule has 0 aliphatic heterocycles. The molecule has 0 bridgehead atoms. The Kier molecular flexibility index (Phi) is 4.87. The highest BCUT2D eigenvalue weighted by Crippen LogP contribution is 2.36. The summed E-state index contributed by atoms with van der Waals surface area (Å²) in [7, 11) is 0. The summed E-state index contributed by atoms with van der Waals surface area (Å²) in [4.78, 5) is 36.1. The van der Waals surface area contributed by atoms with E-state index in [2.05, 4.69) is 11.1 Å². The van der Waals surface area contributed by atoms with Crippen LogP contribution in [0.2, 0.25) is 0 Å². The molecule has 30 heavy (non-hydrogen) atoms. The number of carbonyl (C=O) groups excluding carboxylic acids is 1. The van der Waals surface area contributed by atoms with Crippen molar-refractivity contribution in [2.75, 3.05) is 5.75 Å². The standard InChI is InChI=1S/C23H21N3O2S2/c1-13-8-9-17(14(2)11-13)26-22(28)20-15-5-3-7-19(15)30-21(20)25-23(26)29-12-18(27)16-6-4-10-24-16/h4,6,8-11,24H,3,5,7,12H2,1-2H3. The van der Waals surface area contributed by atoms with Crippen LogP contribution in [-0.2, 0) is 12.8 Å². The van der Waals surface area contributed by atoms with Crippen molar-refractivity contribution in [3.05, 3.63) is 74.1 Å². The first-order valence-electron chi connectivity index (χ1n) is 9.97. The first-order chi connectivity index (χ1) is 14.5. The van der Waals surface area contributed by atoms with Crippen LogP contribution in [0.4, 0.5) is 0 Å². The smallest absolute Gasteiger partial charge is 0.267 e. The van der Waals surface area contributed by atoms with E-state index in [0.29, 0.717) is 10.9 Å². The van der Waals surface area contributed by atoms with Crippen molar-refractivity contribution in [1.29, 1.82) is 0 Å². The van der Waals surface area contributed by atoms with Crippen LogP contribution in [-0.4, -0.2) is 26.1 Å². The molecule has 0 saturated carbocycles. The summed E-state index contributed by atoms with van der Waals surface area (Å²) in [6.45, 7) is 4.05. The summed E-state index contributed by atoms with van der Waals surface area (Å²) in [5, 5.41) is 1.33. The Morgan fingerprint density at radius 1 is 1.27 bits per heavy atom. The van der Waals surface area contributed by atoms with Gasteiger partial charge in [-0.25, -0.2) is 4.98 Å². The predicted octanol–water partition coefficient (Wildman–Crippen LogP) is 4.86. The van der Waals surface area contributed by atoms with Gasteiger partial charge in [-0.1, -0.05) is 29.5 Å². The van der Waals surface area contributed by atoms with Gasteiger partial charge in [-0.2, -0.15) is 0 Å². The molecule has 1 aromatic carbocycles. The molecule has 7 heteroatoms. The van der Waals surface area contributed by atoms with Crippen LogP contribution in [0.5, 0.6) is 0 Å². The molecule has 1 N–H and O–H groups in total. The number of aromatic nitrogens is 3. The Morgan fingerprint density at radius 3 is 2.90 bits per heavy atom. The van der Waals surface area contributed by atoms with Gasteiger partial charge in [-0.3, -0.25) is 14.2 Å². The number of hydrogen-bond acceptors (Lipinski definition) is 5. The molecule has 0 atom stereocenters. The highest BCUT2D eigenvalue weighted by molar-refractivity contribution is 7.99. The Balaban J connectivity index is 1.66. The second-order valence-corrected chi connectivity index (χ2v) is 9.68. The van der Waals surface area contributed by atoms with Gasteiger partial charge in [0.15, 0.2) is 10.9 Å². The average Bonchev–Trinajstić information content (AvgIpc) is 3.44. The van der Waals surface area contributed by atoms with Gasteiger partial charge in [-0.15, -0.1) is 11.3 Å². The Morgan fingerprint density at radius 2 is 2.13 bits per heavy atom. The number of thiophene rings is 1. The number of ketones is 1. The molecule has 3 heterocycles. The van der Waals surface area contributed by atoms with Crippen LogP contribution in [0, 0.1) is 13.8 Å². The lowest BCUT2D eigenvalue weighted by Crippen LogP contribution is -2.23. The van der Waals surface area contributed by atoms with Crippen LogP contribution < -0.4 is 5.56 Å². The van der Waals surface area contributed by atoms with Gasteiger partial charge in [0.1, 0.15) is 4.83 Å². The van der Waals surface area contributed by atoms with Crippen molar-refractivity contribution in [2.45, 2.75) is 38.3 Å². The zero-order valence-corrected chi connectivity index (χ0v) is 18.5. The van der Waals surface area contributed by atoms with Crippen molar-refractivity contribution in [3.8, 4) is 5.69 Å². The number of aromatic amines is 1. The molecule has 0 saturated heterocycles. The molecule has 0 unspecified atom stereocenters. The number of benzene rings is 1. The minimum absolute atomic E-state index is 0.0137. The Hall–Kier alpha value is -2.64. The van der Waals surface area contributed by atoms with Crippen LogP contribution in [0.1, 0.15) is 38.5 Å². The SMILES string of the molecule is Cc1ccc(-n2c(SCC(=O)c3ccc[nH]3)nc3sc4c(c3c2=O)CCC4)c(C)c1. The minimum Gasteiger partial charge on any atom is -0.359 e. The number of rotatable bonds is 5. The highest BCUT2D eigenvalue weighted by atomic mass is 32.2. The number of thioether (sulfide) groups is 1. The third-order valence-corrected chi connectivity index (χ3v) is 7.66. The van der Waals surface area contributed by atoms with Gasteiger partial charge in [-0.05, 0) is 62.4 Å². The number of H-pyrrole nitrogens is 1. The number of hydrogen-bond donors (Lipinski definition) is 1. The summed E-state index contributed by atoms with van der Waals surface area (Å²) >= 11 is 2.95. The zero-order chi connectivity index (χ0) is 20.8. The Labute approximate surface area is 182 Å². The average molecular weight is 436 g/mol. The lowest BCUT2D eigenvalue weighted by molar-refractivity contribution is 0.101. The number of carbonyl (C=O) groups is 1. The maximum atomic E-state index is 13.7. The fourth-order valence-corrected chi connectivity index (χ4v) is 6.29. The summed E-state index contributed by atoms with van der Waals surface area (Å²) in [6, 6.07) is 9.63. The molecule has 0 spiro atoms. The van der Waals surface area contributed by atoms with Gasteiger partial charge in [0, 0.05) is 11.1 Å². The number of nitrogens with zero attached hydrogens (tertiary/aromatic N) is 2. The summed E-state index contributed by atoms with van der Waals surface area (Å²) in [5.74, 6) is 0.203. The molecule has 5 rings (SSSR count). The Bertz CT molecular complexity index is 1330. The largest absolute Gasteiger partial charge is 0.359 e. The van der Waals surface area contributed by atoms with E-state index >= 15 is 0 Å². The minimum atomic E-state index is -0.0267. The van der Waals surface area contributed by atoms with Crippen molar-refractivity contribution >= 4 is 39.1 Å². The number of aryl methyl sites for hydroxylation is 4. The second kappa shape index (κ2) is 7.56. The fourth-order valence-electron chi connectivity index (χ4n) is 4.10. The molecule has 4 aromatic rings. The highest BCUT2D eigenvalue weighted by Gasteiger charge is 2.24. The summed E-state index contributed by atoms with van der Waals surface area (Å²) < 4.78 is 1.70. The van der Waals surface area contributed by atoms with E-state index in [9.17, 15) is 9.59 Å². The fraction of sp³-hybridized carbons (Fsp3) is 0.261. The maximum absolute atomic E-state index is 13.7. The number of fused-ring (bicyclic) bond motifs is 3. The number of nitrogens with one attached hydrogen (secondary N) is 1. The third-order valence-electron chi connectivity index (χ3n) is 5.53. The summed E-state index contributed by atoms with van der Waals surface area (Å²) in [5.41, 5.74) is 4.70. The normalized spacial score (nSPS) is 13.1.